The van der Waals surface area contributed by atoms with Gasteiger partial charge in [0.2, 0.25) is 0 Å². The van der Waals surface area contributed by atoms with E-state index < -0.39 is 11.9 Å². The van der Waals surface area contributed by atoms with Gasteiger partial charge in [-0.3, -0.25) is 4.79 Å². The molecule has 7 heteroatoms. The first-order valence-electron chi connectivity index (χ1n) is 11.6. The van der Waals surface area contributed by atoms with Crippen molar-refractivity contribution in [2.24, 2.45) is 0 Å². The Hall–Kier alpha value is -5.09. The number of para-hydroxylation sites is 1. The number of aromatic carboxylic acids is 1. The maximum Gasteiger partial charge on any atom is 0.337 e. The number of carbonyl (C=O) groups excluding carboxylic acids is 1. The van der Waals surface area contributed by atoms with Gasteiger partial charge in [0.05, 0.1) is 17.9 Å². The largest absolute Gasteiger partial charge is 0.490 e. The van der Waals surface area contributed by atoms with Gasteiger partial charge in [0, 0.05) is 0 Å². The van der Waals surface area contributed by atoms with Gasteiger partial charge in [-0.2, -0.15) is 5.26 Å². The molecule has 4 aromatic rings. The number of nitrogens with one attached hydrogen (secondary N) is 1. The van der Waals surface area contributed by atoms with Crippen molar-refractivity contribution < 1.29 is 24.2 Å². The number of amides is 1. The third-order valence-electron chi connectivity index (χ3n) is 5.61. The van der Waals surface area contributed by atoms with Crippen LogP contribution in [0.15, 0.2) is 90.5 Å². The number of anilines is 1. The quantitative estimate of drug-likeness (QED) is 0.217. The van der Waals surface area contributed by atoms with Crippen LogP contribution in [0.3, 0.4) is 0 Å². The van der Waals surface area contributed by atoms with Gasteiger partial charge in [-0.05, 0) is 59.2 Å². The Balaban J connectivity index is 1.55. The summed E-state index contributed by atoms with van der Waals surface area (Å²) in [6, 6.07) is 27.1. The van der Waals surface area contributed by atoms with Crippen LogP contribution in [0.4, 0.5) is 5.69 Å². The van der Waals surface area contributed by atoms with Gasteiger partial charge in [0.1, 0.15) is 18.2 Å². The number of rotatable bonds is 9. The Bertz CT molecular complexity index is 1530. The molecule has 184 valence electrons. The maximum absolute atomic E-state index is 12.7. The van der Waals surface area contributed by atoms with E-state index in [-0.39, 0.29) is 16.8 Å². The molecule has 0 unspecified atom stereocenters. The maximum atomic E-state index is 12.7. The van der Waals surface area contributed by atoms with E-state index in [1.54, 1.807) is 30.3 Å². The fourth-order valence-electron chi connectivity index (χ4n) is 3.86. The highest BCUT2D eigenvalue weighted by Gasteiger charge is 2.15. The summed E-state index contributed by atoms with van der Waals surface area (Å²) in [6.45, 7) is 2.59. The summed E-state index contributed by atoms with van der Waals surface area (Å²) in [5.41, 5.74) is 1.44. The molecule has 0 aliphatic heterocycles. The first-order valence-corrected chi connectivity index (χ1v) is 11.6. The SMILES string of the molecule is CCOc1cc(/C=C(\C#N)C(=O)Nc2ccccc2C(=O)O)ccc1OCc1cccc2ccccc12. The van der Waals surface area contributed by atoms with E-state index in [1.165, 1.54) is 18.2 Å². The molecule has 1 amide bonds. The molecular formula is C30H24N2O5. The molecule has 7 nitrogen and oxygen atoms in total. The van der Waals surface area contributed by atoms with Crippen molar-refractivity contribution in [3.8, 4) is 17.6 Å². The third-order valence-corrected chi connectivity index (χ3v) is 5.61. The lowest BCUT2D eigenvalue weighted by molar-refractivity contribution is -0.112. The van der Waals surface area contributed by atoms with E-state index in [0.717, 1.165) is 16.3 Å². The van der Waals surface area contributed by atoms with E-state index in [2.05, 4.69) is 23.5 Å². The second-order valence-corrected chi connectivity index (χ2v) is 8.04. The number of nitriles is 1. The second kappa shape index (κ2) is 11.6. The molecular weight excluding hydrogens is 468 g/mol. The zero-order chi connectivity index (χ0) is 26.2. The van der Waals surface area contributed by atoms with Crippen molar-refractivity contribution in [1.29, 1.82) is 5.26 Å². The Labute approximate surface area is 214 Å². The number of carbonyl (C=O) groups is 2. The van der Waals surface area contributed by atoms with Gasteiger partial charge in [0.25, 0.3) is 5.91 Å². The van der Waals surface area contributed by atoms with Gasteiger partial charge in [-0.1, -0.05) is 60.7 Å². The van der Waals surface area contributed by atoms with Crippen LogP contribution < -0.4 is 14.8 Å². The average Bonchev–Trinajstić information content (AvgIpc) is 2.91. The highest BCUT2D eigenvalue weighted by atomic mass is 16.5. The van der Waals surface area contributed by atoms with Crippen LogP contribution in [-0.4, -0.2) is 23.6 Å². The molecule has 0 fully saturated rings. The average molecular weight is 493 g/mol. The van der Waals surface area contributed by atoms with E-state index in [1.807, 2.05) is 37.3 Å². The summed E-state index contributed by atoms with van der Waals surface area (Å²) in [5, 5.41) is 23.7. The first kappa shape index (κ1) is 25.0. The lowest BCUT2D eigenvalue weighted by atomic mass is 10.1. The predicted octanol–water partition coefficient (Wildman–Crippen LogP) is 6.06. The van der Waals surface area contributed by atoms with Crippen LogP contribution >= 0.6 is 0 Å². The highest BCUT2D eigenvalue weighted by Crippen LogP contribution is 2.31. The van der Waals surface area contributed by atoms with E-state index in [9.17, 15) is 20.0 Å². The summed E-state index contributed by atoms with van der Waals surface area (Å²) in [5.74, 6) is -0.889. The molecule has 0 atom stereocenters. The van der Waals surface area contributed by atoms with Crippen molar-refractivity contribution in [2.45, 2.75) is 13.5 Å². The van der Waals surface area contributed by atoms with Crippen LogP contribution in [0, 0.1) is 11.3 Å². The van der Waals surface area contributed by atoms with Crippen molar-refractivity contribution in [3.05, 3.63) is 107 Å². The Morgan fingerprint density at radius 3 is 2.49 bits per heavy atom. The number of carboxylic acids is 1. The lowest BCUT2D eigenvalue weighted by Gasteiger charge is -2.14. The van der Waals surface area contributed by atoms with E-state index in [0.29, 0.717) is 30.3 Å². The fraction of sp³-hybridized carbons (Fsp3) is 0.100. The minimum absolute atomic E-state index is 0.0699. The van der Waals surface area contributed by atoms with Gasteiger partial charge in [0.15, 0.2) is 11.5 Å². The molecule has 0 heterocycles. The predicted molar refractivity (Wildman–Crippen MR) is 142 cm³/mol. The highest BCUT2D eigenvalue weighted by molar-refractivity contribution is 6.11. The lowest BCUT2D eigenvalue weighted by Crippen LogP contribution is -2.16. The number of nitrogens with zero attached hydrogens (tertiary/aromatic N) is 1. The van der Waals surface area contributed by atoms with Gasteiger partial charge >= 0.3 is 5.97 Å². The summed E-state index contributed by atoms with van der Waals surface area (Å²) < 4.78 is 11.9. The van der Waals surface area contributed by atoms with Gasteiger partial charge in [-0.25, -0.2) is 4.79 Å². The number of carboxylic acid groups (broad SMARTS) is 1. The van der Waals surface area contributed by atoms with Crippen LogP contribution in [0.2, 0.25) is 0 Å². The molecule has 0 radical (unpaired) electrons. The number of hydrogen-bond donors (Lipinski definition) is 2. The zero-order valence-electron chi connectivity index (χ0n) is 20.1. The molecule has 0 aliphatic rings. The molecule has 37 heavy (non-hydrogen) atoms. The van der Waals surface area contributed by atoms with Gasteiger partial charge < -0.3 is 19.9 Å². The van der Waals surface area contributed by atoms with Crippen molar-refractivity contribution in [1.82, 2.24) is 0 Å². The standard InChI is InChI=1S/C30H24N2O5/c1-2-36-28-17-20(16-23(18-31)29(33)32-26-13-6-5-12-25(26)30(34)35)14-15-27(28)37-19-22-10-7-9-21-8-3-4-11-24(21)22/h3-17H,2,19H2,1H3,(H,32,33)(H,34,35)/b23-16+. The van der Waals surface area contributed by atoms with E-state index in [4.69, 9.17) is 9.47 Å². The first-order chi connectivity index (χ1) is 18.0. The molecule has 4 aromatic carbocycles. The van der Waals surface area contributed by atoms with Gasteiger partial charge in [-0.15, -0.1) is 0 Å². The zero-order valence-corrected chi connectivity index (χ0v) is 20.1. The van der Waals surface area contributed by atoms with Crippen LogP contribution in [0.1, 0.15) is 28.4 Å². The number of hydrogen-bond acceptors (Lipinski definition) is 5. The molecule has 0 saturated carbocycles. The Kier molecular flexibility index (Phi) is 7.82. The molecule has 0 aromatic heterocycles. The minimum atomic E-state index is -1.18. The van der Waals surface area contributed by atoms with Crippen molar-refractivity contribution >= 4 is 34.4 Å². The Morgan fingerprint density at radius 1 is 0.946 bits per heavy atom. The second-order valence-electron chi connectivity index (χ2n) is 8.04. The molecule has 0 bridgehead atoms. The third kappa shape index (κ3) is 5.95. The van der Waals surface area contributed by atoms with Crippen molar-refractivity contribution in [2.75, 3.05) is 11.9 Å². The fourth-order valence-corrected chi connectivity index (χ4v) is 3.86. The summed E-state index contributed by atoms with van der Waals surface area (Å²) in [6.07, 6.45) is 1.41. The minimum Gasteiger partial charge on any atom is -0.490 e. The Morgan fingerprint density at radius 2 is 1.70 bits per heavy atom. The summed E-state index contributed by atoms with van der Waals surface area (Å²) in [4.78, 5) is 24.1. The van der Waals surface area contributed by atoms with E-state index >= 15 is 0 Å². The van der Waals surface area contributed by atoms with Crippen LogP contribution in [0.5, 0.6) is 11.5 Å². The smallest absolute Gasteiger partial charge is 0.337 e. The van der Waals surface area contributed by atoms with Crippen molar-refractivity contribution in [3.63, 3.8) is 0 Å². The normalized spacial score (nSPS) is 11.0. The summed E-state index contributed by atoms with van der Waals surface area (Å²) >= 11 is 0. The topological polar surface area (TPSA) is 109 Å². The molecule has 0 aliphatic carbocycles. The molecule has 0 spiro atoms. The molecule has 2 N–H and O–H groups in total. The molecule has 0 saturated heterocycles. The monoisotopic (exact) mass is 492 g/mol. The number of ether oxygens (including phenoxy) is 2. The van der Waals surface area contributed by atoms with Crippen LogP contribution in [-0.2, 0) is 11.4 Å². The number of benzene rings is 4. The summed E-state index contributed by atoms with van der Waals surface area (Å²) in [7, 11) is 0. The van der Waals surface area contributed by atoms with Crippen LogP contribution in [0.25, 0.3) is 16.8 Å². The molecule has 4 rings (SSSR count). The number of fused-ring (bicyclic) bond motifs is 1.